The molecule has 0 radical (unpaired) electrons. The summed E-state index contributed by atoms with van der Waals surface area (Å²) in [6.45, 7) is 0. The topological polar surface area (TPSA) is 4.93 Å². The molecule has 0 saturated heterocycles. The molecular weight excluding hydrogens is 1090 g/mol. The molecule has 0 aliphatic rings. The van der Waals surface area contributed by atoms with Gasteiger partial charge in [-0.05, 0) is 190 Å². The molecule has 0 amide bonds. The Morgan fingerprint density at radius 1 is 0.191 bits per heavy atom. The molecule has 4 heteroatoms. The van der Waals surface area contributed by atoms with Crippen LogP contribution in [0.15, 0.2) is 340 Å². The first kappa shape index (κ1) is 54.3. The Morgan fingerprint density at radius 2 is 0.449 bits per heavy atom. The molecule has 422 valence electrons. The van der Waals surface area contributed by atoms with E-state index in [-0.39, 0.29) is 5.56 Å². The molecule has 15 aromatic rings. The molecule has 0 spiro atoms. The quantitative estimate of drug-likeness (QED) is 0.115. The molecule has 89 heavy (non-hydrogen) atoms. The SMILES string of the molecule is FC(F)(F)c1ccccc1-c1ccccc1-n1c2ccc(-c3cc(-c4ccccc4-c4ccccc4)cc(-c4ccccc4-c4ccccc4)c3)cc2c2cc(-c3cc(-c4ccccc4-c4ccccc4)cc(-c4ccccc4-c4ccccc4)c3)ccc21. The second kappa shape index (κ2) is 23.2. The van der Waals surface area contributed by atoms with Crippen LogP contribution in [0.3, 0.4) is 0 Å². The van der Waals surface area contributed by atoms with Crippen LogP contribution in [0.2, 0.25) is 0 Å². The van der Waals surface area contributed by atoms with E-state index in [9.17, 15) is 0 Å². The molecule has 0 unspecified atom stereocenters. The molecule has 1 nitrogen and oxygen atoms in total. The van der Waals surface area contributed by atoms with E-state index < -0.39 is 11.7 Å². The van der Waals surface area contributed by atoms with E-state index in [2.05, 4.69) is 296 Å². The summed E-state index contributed by atoms with van der Waals surface area (Å²) in [5.74, 6) is 0. The maximum Gasteiger partial charge on any atom is 0.417 e. The maximum absolute atomic E-state index is 15.1. The zero-order valence-electron chi connectivity index (χ0n) is 48.4. The highest BCUT2D eigenvalue weighted by Crippen LogP contribution is 2.47. The van der Waals surface area contributed by atoms with E-state index in [1.165, 1.54) is 12.1 Å². The Hall–Kier alpha value is -11.3. The van der Waals surface area contributed by atoms with Gasteiger partial charge in [-0.15, -0.1) is 0 Å². The number of nitrogens with zero attached hydrogens (tertiary/aromatic N) is 1. The summed E-state index contributed by atoms with van der Waals surface area (Å²) in [6.07, 6.45) is -4.58. The minimum Gasteiger partial charge on any atom is -0.309 e. The third-order valence-electron chi connectivity index (χ3n) is 17.3. The lowest BCUT2D eigenvalue weighted by molar-refractivity contribution is -0.137. The fourth-order valence-electron chi connectivity index (χ4n) is 13.1. The van der Waals surface area contributed by atoms with Gasteiger partial charge >= 0.3 is 6.18 Å². The molecule has 0 saturated carbocycles. The van der Waals surface area contributed by atoms with Crippen LogP contribution in [-0.4, -0.2) is 4.57 Å². The lowest BCUT2D eigenvalue weighted by Gasteiger charge is -2.18. The smallest absolute Gasteiger partial charge is 0.309 e. The fraction of sp³-hybridized carbons (Fsp3) is 0.0118. The Bertz CT molecular complexity index is 4630. The Morgan fingerprint density at radius 3 is 0.775 bits per heavy atom. The van der Waals surface area contributed by atoms with Gasteiger partial charge in [-0.25, -0.2) is 0 Å². The van der Waals surface area contributed by atoms with Gasteiger partial charge in [0.1, 0.15) is 0 Å². The van der Waals surface area contributed by atoms with Crippen molar-refractivity contribution in [1.82, 2.24) is 4.57 Å². The van der Waals surface area contributed by atoms with Crippen molar-refractivity contribution in [3.8, 4) is 128 Å². The van der Waals surface area contributed by atoms with E-state index in [1.807, 2.05) is 24.3 Å². The van der Waals surface area contributed by atoms with Gasteiger partial charge in [0, 0.05) is 16.3 Å². The van der Waals surface area contributed by atoms with Gasteiger partial charge in [0.2, 0.25) is 0 Å². The van der Waals surface area contributed by atoms with Crippen molar-refractivity contribution in [3.05, 3.63) is 345 Å². The van der Waals surface area contributed by atoms with Gasteiger partial charge < -0.3 is 4.57 Å². The van der Waals surface area contributed by atoms with E-state index in [0.29, 0.717) is 11.3 Å². The van der Waals surface area contributed by atoms with Gasteiger partial charge in [0.15, 0.2) is 0 Å². The highest BCUT2D eigenvalue weighted by atomic mass is 19.4. The fourth-order valence-corrected chi connectivity index (χ4v) is 13.1. The van der Waals surface area contributed by atoms with Crippen molar-refractivity contribution in [1.29, 1.82) is 0 Å². The van der Waals surface area contributed by atoms with Crippen LogP contribution in [0.5, 0.6) is 0 Å². The van der Waals surface area contributed by atoms with Crippen molar-refractivity contribution < 1.29 is 13.2 Å². The second-order valence-corrected chi connectivity index (χ2v) is 22.6. The van der Waals surface area contributed by atoms with E-state index in [1.54, 1.807) is 12.1 Å². The zero-order chi connectivity index (χ0) is 59.8. The van der Waals surface area contributed by atoms with E-state index >= 15 is 13.2 Å². The minimum absolute atomic E-state index is 0.116. The van der Waals surface area contributed by atoms with E-state index in [4.69, 9.17) is 0 Å². The largest absolute Gasteiger partial charge is 0.417 e. The summed E-state index contributed by atoms with van der Waals surface area (Å²) < 4.78 is 47.5. The van der Waals surface area contributed by atoms with Crippen LogP contribution >= 0.6 is 0 Å². The second-order valence-electron chi connectivity index (χ2n) is 22.6. The summed E-state index contributed by atoms with van der Waals surface area (Å²) in [4.78, 5) is 0. The van der Waals surface area contributed by atoms with Crippen molar-refractivity contribution in [3.63, 3.8) is 0 Å². The van der Waals surface area contributed by atoms with Crippen molar-refractivity contribution in [2.75, 3.05) is 0 Å². The number of rotatable bonds is 12. The lowest BCUT2D eigenvalue weighted by atomic mass is 9.87. The van der Waals surface area contributed by atoms with Gasteiger partial charge in [0.05, 0.1) is 22.3 Å². The zero-order valence-corrected chi connectivity index (χ0v) is 48.4. The average molecular weight is 1150 g/mol. The first-order chi connectivity index (χ1) is 43.8. The van der Waals surface area contributed by atoms with Crippen LogP contribution in [-0.2, 0) is 6.18 Å². The third kappa shape index (κ3) is 10.4. The normalized spacial score (nSPS) is 11.5. The van der Waals surface area contributed by atoms with Crippen LogP contribution in [0, 0.1) is 0 Å². The monoisotopic (exact) mass is 1150 g/mol. The van der Waals surface area contributed by atoms with Crippen LogP contribution in [0.25, 0.3) is 150 Å². The highest BCUT2D eigenvalue weighted by Gasteiger charge is 2.34. The Labute approximate surface area is 516 Å². The number of hydrogen-bond donors (Lipinski definition) is 0. The molecule has 1 aromatic heterocycles. The highest BCUT2D eigenvalue weighted by molar-refractivity contribution is 6.12. The van der Waals surface area contributed by atoms with Crippen molar-refractivity contribution in [2.24, 2.45) is 0 Å². The van der Waals surface area contributed by atoms with Crippen LogP contribution in [0.1, 0.15) is 5.56 Å². The number of para-hydroxylation sites is 1. The number of halogens is 3. The molecule has 0 N–H and O–H groups in total. The first-order valence-electron chi connectivity index (χ1n) is 30.0. The molecule has 0 fully saturated rings. The predicted molar refractivity (Wildman–Crippen MR) is 366 cm³/mol. The summed E-state index contributed by atoms with van der Waals surface area (Å²) in [5, 5.41) is 1.92. The number of aromatic nitrogens is 1. The standard InChI is InChI=1S/C85H56F3N/c86-85(87,88)81-43-23-21-41-77(81)78-42-22-24-44-82(78)89-83-47-45-61(63-49-65(73-37-17-13-33-69(73)57-25-5-1-6-26-57)53-66(50-63)74-38-18-14-34-70(74)58-27-7-2-8-28-58)55-79(83)80-56-62(46-48-84(80)89)64-51-67(75-39-19-15-35-71(75)59-29-9-3-10-30-59)54-68(52-64)76-40-20-16-36-72(76)60-31-11-4-12-32-60/h1-56H. The molecule has 15 rings (SSSR count). The molecule has 14 aromatic carbocycles. The molecule has 0 bridgehead atoms. The number of hydrogen-bond acceptors (Lipinski definition) is 0. The summed E-state index contributed by atoms with van der Waals surface area (Å²) in [5.41, 5.74) is 24.0. The molecule has 0 aliphatic heterocycles. The molecule has 0 aliphatic carbocycles. The van der Waals surface area contributed by atoms with Gasteiger partial charge in [-0.1, -0.05) is 267 Å². The minimum atomic E-state index is -4.58. The third-order valence-corrected chi connectivity index (χ3v) is 17.3. The lowest BCUT2D eigenvalue weighted by Crippen LogP contribution is -2.08. The van der Waals surface area contributed by atoms with Gasteiger partial charge in [-0.2, -0.15) is 13.2 Å². The van der Waals surface area contributed by atoms with E-state index in [0.717, 1.165) is 133 Å². The van der Waals surface area contributed by atoms with Crippen molar-refractivity contribution >= 4 is 21.8 Å². The summed E-state index contributed by atoms with van der Waals surface area (Å²) >= 11 is 0. The molecular formula is C85H56F3N. The number of benzene rings is 14. The maximum atomic E-state index is 15.1. The Balaban J connectivity index is 0.990. The number of alkyl halides is 3. The molecule has 1 heterocycles. The van der Waals surface area contributed by atoms with Gasteiger partial charge in [-0.3, -0.25) is 0 Å². The van der Waals surface area contributed by atoms with Crippen LogP contribution < -0.4 is 0 Å². The Kier molecular flexibility index (Phi) is 14.1. The first-order valence-corrected chi connectivity index (χ1v) is 30.0. The summed E-state index contributed by atoms with van der Waals surface area (Å²) in [7, 11) is 0. The summed E-state index contributed by atoms with van der Waals surface area (Å²) in [6, 6.07) is 117. The number of fused-ring (bicyclic) bond motifs is 3. The molecule has 0 atom stereocenters. The predicted octanol–water partition coefficient (Wildman–Crippen LogP) is 24.1. The van der Waals surface area contributed by atoms with Gasteiger partial charge in [0.25, 0.3) is 0 Å². The average Bonchev–Trinajstić information content (AvgIpc) is 1.85. The van der Waals surface area contributed by atoms with Crippen molar-refractivity contribution in [2.45, 2.75) is 6.18 Å². The van der Waals surface area contributed by atoms with Crippen LogP contribution in [0.4, 0.5) is 13.2 Å².